The first-order chi connectivity index (χ1) is 14.4. The molecule has 5 atom stereocenters. The molecule has 0 saturated carbocycles. The van der Waals surface area contributed by atoms with E-state index < -0.39 is 49.9 Å². The number of carboxylic acid groups (broad SMARTS) is 1. The van der Waals surface area contributed by atoms with E-state index in [1.54, 1.807) is 30.3 Å². The zero-order valence-corrected chi connectivity index (χ0v) is 16.0. The molecule has 1 aliphatic rings. The predicted molar refractivity (Wildman–Crippen MR) is 103 cm³/mol. The van der Waals surface area contributed by atoms with E-state index in [1.165, 1.54) is 0 Å². The molecule has 0 radical (unpaired) electrons. The molecule has 0 bridgehead atoms. The van der Waals surface area contributed by atoms with Gasteiger partial charge in [0.1, 0.15) is 35.9 Å². The molecular weight excluding hydrogens is 396 g/mol. The Morgan fingerprint density at radius 2 is 1.67 bits per heavy atom. The minimum Gasteiger partial charge on any atom is -0.482 e. The second-order valence-electron chi connectivity index (χ2n) is 6.97. The van der Waals surface area contributed by atoms with Crippen LogP contribution in [0.4, 0.5) is 0 Å². The van der Waals surface area contributed by atoms with Crippen LogP contribution in [0.2, 0.25) is 0 Å². The summed E-state index contributed by atoms with van der Waals surface area (Å²) in [6.07, 6.45) is -6.17. The molecule has 2 aromatic rings. The van der Waals surface area contributed by atoms with Crippen LogP contribution in [-0.4, -0.2) is 75.4 Å². The minimum atomic E-state index is -1.51. The zero-order chi connectivity index (χ0) is 21.7. The van der Waals surface area contributed by atoms with Crippen molar-refractivity contribution in [3.8, 4) is 11.5 Å². The highest BCUT2D eigenvalue weighted by Crippen LogP contribution is 2.25. The van der Waals surface area contributed by atoms with E-state index in [-0.39, 0.29) is 0 Å². The number of hydrogen-bond donors (Lipinski definition) is 5. The Balaban J connectivity index is 1.64. The maximum Gasteiger partial charge on any atom is 0.341 e. The van der Waals surface area contributed by atoms with Crippen molar-refractivity contribution in [1.29, 1.82) is 0 Å². The molecule has 3 rings (SSSR count). The standard InChI is InChI=1S/C21H24O9/c22-10-16-18(25)19(26)20(27)21(30-16)29-15-3-1-2-13(9-15)8-12-4-6-14(7-5-12)28-11-17(23)24/h1-7,9,16,18-22,25-27H,8,10-11H2,(H,23,24)/t16-,18-,19+,20+,21+/m1/s1. The number of carboxylic acids is 1. The van der Waals surface area contributed by atoms with Gasteiger partial charge >= 0.3 is 5.97 Å². The lowest BCUT2D eigenvalue weighted by Gasteiger charge is -2.39. The molecule has 1 fully saturated rings. The van der Waals surface area contributed by atoms with E-state index in [9.17, 15) is 25.2 Å². The Labute approximate surface area is 172 Å². The summed E-state index contributed by atoms with van der Waals surface area (Å²) in [5.74, 6) is -0.200. The van der Waals surface area contributed by atoms with Crippen molar-refractivity contribution < 1.29 is 44.5 Å². The number of aliphatic hydroxyl groups is 4. The second-order valence-corrected chi connectivity index (χ2v) is 6.97. The van der Waals surface area contributed by atoms with Gasteiger partial charge in [0.2, 0.25) is 6.29 Å². The Morgan fingerprint density at radius 1 is 0.933 bits per heavy atom. The first-order valence-corrected chi connectivity index (χ1v) is 9.37. The number of ether oxygens (including phenoxy) is 3. The second kappa shape index (κ2) is 9.88. The molecule has 2 aromatic carbocycles. The lowest BCUT2D eigenvalue weighted by atomic mass is 9.99. The van der Waals surface area contributed by atoms with E-state index in [2.05, 4.69) is 0 Å². The normalized spacial score (nSPS) is 26.2. The highest BCUT2D eigenvalue weighted by atomic mass is 16.7. The van der Waals surface area contributed by atoms with Crippen LogP contribution in [0.15, 0.2) is 48.5 Å². The Kier molecular flexibility index (Phi) is 7.24. The lowest BCUT2D eigenvalue weighted by molar-refractivity contribution is -0.277. The van der Waals surface area contributed by atoms with Crippen LogP contribution in [0.1, 0.15) is 11.1 Å². The van der Waals surface area contributed by atoms with Crippen molar-refractivity contribution in [2.45, 2.75) is 37.1 Å². The largest absolute Gasteiger partial charge is 0.482 e. The van der Waals surface area contributed by atoms with Crippen molar-refractivity contribution in [3.05, 3.63) is 59.7 Å². The molecular formula is C21H24O9. The Bertz CT molecular complexity index is 837. The maximum atomic E-state index is 10.5. The van der Waals surface area contributed by atoms with E-state index in [4.69, 9.17) is 19.3 Å². The van der Waals surface area contributed by atoms with Crippen molar-refractivity contribution in [3.63, 3.8) is 0 Å². The maximum absolute atomic E-state index is 10.5. The van der Waals surface area contributed by atoms with Gasteiger partial charge in [-0.25, -0.2) is 4.79 Å². The molecule has 30 heavy (non-hydrogen) atoms. The van der Waals surface area contributed by atoms with Crippen LogP contribution in [0.3, 0.4) is 0 Å². The summed E-state index contributed by atoms with van der Waals surface area (Å²) in [4.78, 5) is 10.5. The average molecular weight is 420 g/mol. The molecule has 0 spiro atoms. The molecule has 1 aliphatic heterocycles. The van der Waals surface area contributed by atoms with Gasteiger partial charge in [0, 0.05) is 0 Å². The number of carbonyl (C=O) groups is 1. The molecule has 0 unspecified atom stereocenters. The fourth-order valence-electron chi connectivity index (χ4n) is 3.11. The van der Waals surface area contributed by atoms with Gasteiger partial charge in [0.25, 0.3) is 0 Å². The van der Waals surface area contributed by atoms with Crippen molar-refractivity contribution >= 4 is 5.97 Å². The third-order valence-corrected chi connectivity index (χ3v) is 4.69. The fraction of sp³-hybridized carbons (Fsp3) is 0.381. The summed E-state index contributed by atoms with van der Waals surface area (Å²) < 4.78 is 16.1. The van der Waals surface area contributed by atoms with Gasteiger partial charge < -0.3 is 39.7 Å². The van der Waals surface area contributed by atoms with Gasteiger partial charge in [-0.15, -0.1) is 0 Å². The summed E-state index contributed by atoms with van der Waals surface area (Å²) in [6.45, 7) is -0.937. The quantitative estimate of drug-likeness (QED) is 0.396. The SMILES string of the molecule is O=C(O)COc1ccc(Cc2cccc(O[C@H]3O[C@H](CO)[C@@H](O)[C@H](O)[C@@H]3O)c2)cc1. The fourth-order valence-corrected chi connectivity index (χ4v) is 3.11. The van der Waals surface area contributed by atoms with E-state index in [0.29, 0.717) is 17.9 Å². The zero-order valence-electron chi connectivity index (χ0n) is 16.0. The van der Waals surface area contributed by atoms with Gasteiger partial charge in [-0.1, -0.05) is 24.3 Å². The molecule has 9 nitrogen and oxygen atoms in total. The number of aliphatic carboxylic acids is 1. The van der Waals surface area contributed by atoms with Gasteiger partial charge in [-0.2, -0.15) is 0 Å². The van der Waals surface area contributed by atoms with Crippen molar-refractivity contribution in [2.24, 2.45) is 0 Å². The summed E-state index contributed by atoms with van der Waals surface area (Å²) >= 11 is 0. The topological polar surface area (TPSA) is 146 Å². The molecule has 0 amide bonds. The molecule has 9 heteroatoms. The number of aliphatic hydroxyl groups excluding tert-OH is 4. The molecule has 1 heterocycles. The molecule has 0 aliphatic carbocycles. The van der Waals surface area contributed by atoms with Gasteiger partial charge in [0.05, 0.1) is 6.61 Å². The summed E-state index contributed by atoms with van der Waals surface area (Å²) in [5, 5.41) is 47.7. The first-order valence-electron chi connectivity index (χ1n) is 9.37. The van der Waals surface area contributed by atoms with Crippen LogP contribution in [-0.2, 0) is 16.0 Å². The van der Waals surface area contributed by atoms with Gasteiger partial charge in [-0.05, 0) is 41.8 Å². The lowest BCUT2D eigenvalue weighted by Crippen LogP contribution is -2.60. The number of benzene rings is 2. The van der Waals surface area contributed by atoms with Gasteiger partial charge in [-0.3, -0.25) is 0 Å². The third kappa shape index (κ3) is 5.47. The molecule has 0 aromatic heterocycles. The minimum absolute atomic E-state index is 0.387. The van der Waals surface area contributed by atoms with Gasteiger partial charge in [0.15, 0.2) is 6.61 Å². The Morgan fingerprint density at radius 3 is 2.33 bits per heavy atom. The van der Waals surface area contributed by atoms with Crippen LogP contribution in [0.5, 0.6) is 11.5 Å². The smallest absolute Gasteiger partial charge is 0.341 e. The van der Waals surface area contributed by atoms with E-state index in [0.717, 1.165) is 11.1 Å². The number of rotatable bonds is 8. The van der Waals surface area contributed by atoms with Crippen molar-refractivity contribution in [1.82, 2.24) is 0 Å². The van der Waals surface area contributed by atoms with Crippen LogP contribution in [0, 0.1) is 0 Å². The van der Waals surface area contributed by atoms with Crippen molar-refractivity contribution in [2.75, 3.05) is 13.2 Å². The number of hydrogen-bond acceptors (Lipinski definition) is 8. The first kappa shape index (κ1) is 22.0. The predicted octanol–water partition coefficient (Wildman–Crippen LogP) is -0.0805. The van der Waals surface area contributed by atoms with Crippen LogP contribution < -0.4 is 9.47 Å². The van der Waals surface area contributed by atoms with E-state index in [1.807, 2.05) is 18.2 Å². The summed E-state index contributed by atoms with van der Waals surface area (Å²) in [5.41, 5.74) is 1.86. The highest BCUT2D eigenvalue weighted by Gasteiger charge is 2.44. The summed E-state index contributed by atoms with van der Waals surface area (Å²) in [7, 11) is 0. The molecule has 162 valence electrons. The summed E-state index contributed by atoms with van der Waals surface area (Å²) in [6, 6.07) is 14.1. The Hall–Kier alpha value is -2.69. The van der Waals surface area contributed by atoms with Crippen LogP contribution >= 0.6 is 0 Å². The molecule has 1 saturated heterocycles. The molecule has 5 N–H and O–H groups in total. The average Bonchev–Trinajstić information content (AvgIpc) is 2.74. The van der Waals surface area contributed by atoms with Crippen LogP contribution in [0.25, 0.3) is 0 Å². The highest BCUT2D eigenvalue weighted by molar-refractivity contribution is 5.68. The van der Waals surface area contributed by atoms with E-state index >= 15 is 0 Å². The third-order valence-electron chi connectivity index (χ3n) is 4.69. The monoisotopic (exact) mass is 420 g/mol.